The lowest BCUT2D eigenvalue weighted by Crippen LogP contribution is -1.55. The Morgan fingerprint density at radius 2 is 1.33 bits per heavy atom. The van der Waals surface area contributed by atoms with E-state index in [1.165, 1.54) is 0 Å². The molecule has 0 aliphatic carbocycles. The summed E-state index contributed by atoms with van der Waals surface area (Å²) in [5.74, 6) is 0. The molecule has 0 nitrogen and oxygen atoms in total. The van der Waals surface area contributed by atoms with Gasteiger partial charge in [-0.1, -0.05) is 74.1 Å². The summed E-state index contributed by atoms with van der Waals surface area (Å²) < 4.78 is 0. The van der Waals surface area contributed by atoms with Crippen LogP contribution in [-0.2, 0) is 0 Å². The lowest BCUT2D eigenvalue weighted by Gasteiger charge is -1.77. The standard InChI is InChI=1S/C7H10.5CH4/c1-4-5-6-7(2)3;;;;;/h4-6H,1-2H2,3H3;5*1H4/b6-5-;;;;;. The molecule has 0 saturated carbocycles. The van der Waals surface area contributed by atoms with Crippen LogP contribution in [0.15, 0.2) is 37.0 Å². The first-order chi connectivity index (χ1) is 3.27. The van der Waals surface area contributed by atoms with Gasteiger partial charge in [0.15, 0.2) is 0 Å². The number of rotatable bonds is 2. The van der Waals surface area contributed by atoms with Crippen LogP contribution in [0, 0.1) is 0 Å². The Morgan fingerprint density at radius 1 is 1.00 bits per heavy atom. The zero-order chi connectivity index (χ0) is 5.70. The number of hydrogen-bond donors (Lipinski definition) is 0. The summed E-state index contributed by atoms with van der Waals surface area (Å²) in [5, 5.41) is 0. The molecule has 0 heterocycles. The highest BCUT2D eigenvalue weighted by atomic mass is 13.7. The summed E-state index contributed by atoms with van der Waals surface area (Å²) in [7, 11) is 0. The van der Waals surface area contributed by atoms with Crippen LogP contribution in [0.25, 0.3) is 0 Å². The van der Waals surface area contributed by atoms with Crippen LogP contribution in [0.4, 0.5) is 0 Å². The average Bonchev–Trinajstić information content (AvgIpc) is 1.61. The smallest absolute Gasteiger partial charge is 0.0404 e. The molecule has 0 atom stereocenters. The van der Waals surface area contributed by atoms with Gasteiger partial charge in [-0.2, -0.15) is 0 Å². The molecule has 0 aromatic carbocycles. The van der Waals surface area contributed by atoms with Gasteiger partial charge in [0, 0.05) is 0 Å². The highest BCUT2D eigenvalue weighted by Gasteiger charge is 1.65. The van der Waals surface area contributed by atoms with Crippen molar-refractivity contribution in [2.45, 2.75) is 44.1 Å². The van der Waals surface area contributed by atoms with Gasteiger partial charge in [-0.25, -0.2) is 0 Å². The normalized spacial score (nSPS) is 5.42. The van der Waals surface area contributed by atoms with Gasteiger partial charge in [0.25, 0.3) is 0 Å². The van der Waals surface area contributed by atoms with Crippen molar-refractivity contribution in [3.8, 4) is 0 Å². The van der Waals surface area contributed by atoms with Crippen molar-refractivity contribution in [3.63, 3.8) is 0 Å². The van der Waals surface area contributed by atoms with Crippen LogP contribution < -0.4 is 0 Å². The molecule has 78 valence electrons. The quantitative estimate of drug-likeness (QED) is 0.486. The van der Waals surface area contributed by atoms with Crippen molar-refractivity contribution in [2.75, 3.05) is 0 Å². The van der Waals surface area contributed by atoms with Crippen LogP contribution >= 0.6 is 0 Å². The van der Waals surface area contributed by atoms with E-state index >= 15 is 0 Å². The first kappa shape index (κ1) is 43.0. The topological polar surface area (TPSA) is 0 Å². The van der Waals surface area contributed by atoms with Crippen LogP contribution in [0.2, 0.25) is 0 Å². The Balaban J connectivity index is -0.0000000180. The van der Waals surface area contributed by atoms with Gasteiger partial charge in [-0.15, -0.1) is 0 Å². The second-order valence-electron chi connectivity index (χ2n) is 1.44. The van der Waals surface area contributed by atoms with Crippen LogP contribution in [-0.4, -0.2) is 0 Å². The van der Waals surface area contributed by atoms with E-state index in [9.17, 15) is 0 Å². The fraction of sp³-hybridized carbons (Fsp3) is 0.500. The highest BCUT2D eigenvalue weighted by molar-refractivity contribution is 5.15. The van der Waals surface area contributed by atoms with Gasteiger partial charge in [-0.3, -0.25) is 0 Å². The van der Waals surface area contributed by atoms with Gasteiger partial charge in [-0.05, 0) is 6.92 Å². The molecule has 0 heteroatoms. The Hall–Kier alpha value is -0.780. The van der Waals surface area contributed by atoms with Crippen molar-refractivity contribution >= 4 is 0 Å². The zero-order valence-electron chi connectivity index (χ0n) is 4.65. The summed E-state index contributed by atoms with van der Waals surface area (Å²) in [6.07, 6.45) is 5.50. The summed E-state index contributed by atoms with van der Waals surface area (Å²) in [4.78, 5) is 0. The molecule has 0 aliphatic rings. The maximum Gasteiger partial charge on any atom is -0.0404 e. The molecule has 0 aromatic heterocycles. The lowest BCUT2D eigenvalue weighted by molar-refractivity contribution is 1.56. The largest absolute Gasteiger partial charge is 0.0991 e. The second kappa shape index (κ2) is 31.9. The third kappa shape index (κ3) is 60.1. The molecule has 0 rings (SSSR count). The molecule has 0 spiro atoms. The van der Waals surface area contributed by atoms with Crippen molar-refractivity contribution in [2.24, 2.45) is 0 Å². The minimum Gasteiger partial charge on any atom is -0.0991 e. The van der Waals surface area contributed by atoms with Gasteiger partial charge < -0.3 is 0 Å². The molecule has 0 unspecified atom stereocenters. The molecule has 0 bridgehead atoms. The maximum absolute atomic E-state index is 3.66. The van der Waals surface area contributed by atoms with E-state index in [-0.39, 0.29) is 37.1 Å². The van der Waals surface area contributed by atoms with Crippen molar-refractivity contribution in [1.29, 1.82) is 0 Å². The Kier molecular flexibility index (Phi) is 114. The Morgan fingerprint density at radius 3 is 1.42 bits per heavy atom. The van der Waals surface area contributed by atoms with E-state index in [0.717, 1.165) is 5.57 Å². The molecular weight excluding hydrogens is 144 g/mol. The third-order valence-electron chi connectivity index (χ3n) is 0.517. The fourth-order valence-electron chi connectivity index (χ4n) is 0.232. The average molecular weight is 174 g/mol. The van der Waals surface area contributed by atoms with Gasteiger partial charge in [0.2, 0.25) is 0 Å². The summed E-state index contributed by atoms with van der Waals surface area (Å²) >= 11 is 0. The maximum atomic E-state index is 3.66. The van der Waals surface area contributed by atoms with Crippen LogP contribution in [0.1, 0.15) is 44.1 Å². The second-order valence-corrected chi connectivity index (χ2v) is 1.44. The predicted octanol–water partition coefficient (Wildman–Crippen LogP) is 5.49. The van der Waals surface area contributed by atoms with E-state index in [0.29, 0.717) is 0 Å². The van der Waals surface area contributed by atoms with Crippen molar-refractivity contribution in [1.82, 2.24) is 0 Å². The molecule has 0 fully saturated rings. The summed E-state index contributed by atoms with van der Waals surface area (Å²) in [6, 6.07) is 0. The van der Waals surface area contributed by atoms with Gasteiger partial charge in [0.1, 0.15) is 0 Å². The highest BCUT2D eigenvalue weighted by Crippen LogP contribution is 1.86. The van der Waals surface area contributed by atoms with E-state index in [1.54, 1.807) is 6.08 Å². The third-order valence-corrected chi connectivity index (χ3v) is 0.517. The Labute approximate surface area is 81.7 Å². The van der Waals surface area contributed by atoms with Crippen LogP contribution in [0.3, 0.4) is 0 Å². The van der Waals surface area contributed by atoms with Crippen molar-refractivity contribution < 1.29 is 0 Å². The minimum absolute atomic E-state index is 0. The fourth-order valence-corrected chi connectivity index (χ4v) is 0.232. The summed E-state index contributed by atoms with van der Waals surface area (Å²) in [6.45, 7) is 9.11. The molecule has 0 amide bonds. The molecular formula is C12H30. The molecule has 0 N–H and O–H groups in total. The van der Waals surface area contributed by atoms with E-state index < -0.39 is 0 Å². The molecule has 12 heavy (non-hydrogen) atoms. The van der Waals surface area contributed by atoms with Crippen LogP contribution in [0.5, 0.6) is 0 Å². The minimum atomic E-state index is 0. The van der Waals surface area contributed by atoms with Gasteiger partial charge >= 0.3 is 0 Å². The van der Waals surface area contributed by atoms with E-state index in [1.807, 2.05) is 19.1 Å². The number of hydrogen-bond acceptors (Lipinski definition) is 0. The molecule has 0 aliphatic heterocycles. The molecule has 0 radical (unpaired) electrons. The summed E-state index contributed by atoms with van der Waals surface area (Å²) in [5.41, 5.74) is 1.06. The predicted molar refractivity (Wildman–Crippen MR) is 67.8 cm³/mol. The monoisotopic (exact) mass is 174 g/mol. The van der Waals surface area contributed by atoms with E-state index in [2.05, 4.69) is 13.2 Å². The molecule has 0 saturated heterocycles. The van der Waals surface area contributed by atoms with Gasteiger partial charge in [0.05, 0.1) is 0 Å². The Bertz CT molecular complexity index is 96.6. The zero-order valence-corrected chi connectivity index (χ0v) is 4.65. The molecule has 0 aromatic rings. The SMILES string of the molecule is C.C.C.C.C.C=C/C=C\C(=C)C. The van der Waals surface area contributed by atoms with Crippen molar-refractivity contribution in [3.05, 3.63) is 37.0 Å². The van der Waals surface area contributed by atoms with E-state index in [4.69, 9.17) is 0 Å². The first-order valence-electron chi connectivity index (χ1n) is 2.22. The lowest BCUT2D eigenvalue weighted by atomic mass is 10.3. The number of allylic oxidation sites excluding steroid dienone is 4. The first-order valence-corrected chi connectivity index (χ1v) is 2.22.